The molecule has 1 fully saturated rings. The van der Waals surface area contributed by atoms with Crippen LogP contribution in [0, 0.1) is 5.82 Å². The van der Waals surface area contributed by atoms with Crippen LogP contribution in [-0.4, -0.2) is 24.3 Å². The minimum Gasteiger partial charge on any atom is -0.461 e. The highest BCUT2D eigenvalue weighted by Gasteiger charge is 2.52. The number of hydrogen-bond donors (Lipinski definition) is 0. The van der Waals surface area contributed by atoms with Gasteiger partial charge in [0.05, 0.1) is 11.2 Å². The Kier molecular flexibility index (Phi) is 4.13. The standard InChI is InChI=1S/C15H20BFO4/c1-10(18)19-9-11-8-12(17)6-7-13(11)16-20-14(2,3)15(4,5)21-16/h6-8H,9H2,1-5H3. The van der Waals surface area contributed by atoms with Gasteiger partial charge in [-0.1, -0.05) is 6.07 Å². The number of hydrogen-bond acceptors (Lipinski definition) is 4. The molecule has 0 aromatic heterocycles. The van der Waals surface area contributed by atoms with E-state index in [4.69, 9.17) is 14.0 Å². The maximum Gasteiger partial charge on any atom is 0.495 e. The van der Waals surface area contributed by atoms with Crippen molar-refractivity contribution in [3.8, 4) is 0 Å². The zero-order chi connectivity index (χ0) is 15.8. The highest BCUT2D eigenvalue weighted by Crippen LogP contribution is 2.36. The van der Waals surface area contributed by atoms with Gasteiger partial charge in [0.25, 0.3) is 0 Å². The average Bonchev–Trinajstić information content (AvgIpc) is 2.55. The summed E-state index contributed by atoms with van der Waals surface area (Å²) in [5, 5.41) is 0. The third-order valence-electron chi connectivity index (χ3n) is 4.04. The van der Waals surface area contributed by atoms with Crippen molar-refractivity contribution in [2.45, 2.75) is 52.4 Å². The minimum absolute atomic E-state index is 0.00744. The van der Waals surface area contributed by atoms with E-state index in [1.165, 1.54) is 19.1 Å². The molecule has 0 N–H and O–H groups in total. The topological polar surface area (TPSA) is 44.8 Å². The largest absolute Gasteiger partial charge is 0.495 e. The number of esters is 1. The van der Waals surface area contributed by atoms with E-state index >= 15 is 0 Å². The maximum atomic E-state index is 13.4. The summed E-state index contributed by atoms with van der Waals surface area (Å²) in [5.74, 6) is -0.809. The third kappa shape index (κ3) is 3.27. The Morgan fingerprint density at radius 3 is 2.33 bits per heavy atom. The zero-order valence-electron chi connectivity index (χ0n) is 13.0. The monoisotopic (exact) mass is 294 g/mol. The highest BCUT2D eigenvalue weighted by molar-refractivity contribution is 6.62. The molecule has 1 aromatic carbocycles. The van der Waals surface area contributed by atoms with Crippen molar-refractivity contribution in [1.29, 1.82) is 0 Å². The Bertz CT molecular complexity index is 541. The van der Waals surface area contributed by atoms with Crippen LogP contribution in [0.1, 0.15) is 40.2 Å². The maximum absolute atomic E-state index is 13.4. The molecule has 1 aliphatic rings. The van der Waals surface area contributed by atoms with Gasteiger partial charge in [0.15, 0.2) is 0 Å². The summed E-state index contributed by atoms with van der Waals surface area (Å²) in [4.78, 5) is 11.0. The Morgan fingerprint density at radius 1 is 1.24 bits per heavy atom. The molecular weight excluding hydrogens is 274 g/mol. The average molecular weight is 294 g/mol. The fourth-order valence-corrected chi connectivity index (χ4v) is 2.08. The fraction of sp³-hybridized carbons (Fsp3) is 0.533. The van der Waals surface area contributed by atoms with Crippen molar-refractivity contribution < 1.29 is 23.2 Å². The molecule has 0 saturated carbocycles. The molecule has 21 heavy (non-hydrogen) atoms. The number of ether oxygens (including phenoxy) is 1. The lowest BCUT2D eigenvalue weighted by atomic mass is 9.76. The number of rotatable bonds is 3. The van der Waals surface area contributed by atoms with Gasteiger partial charge in [0.2, 0.25) is 0 Å². The summed E-state index contributed by atoms with van der Waals surface area (Å²) < 4.78 is 30.3. The predicted octanol–water partition coefficient (Wildman–Crippen LogP) is 2.19. The summed E-state index contributed by atoms with van der Waals surface area (Å²) in [6, 6.07) is 4.29. The molecule has 2 rings (SSSR count). The third-order valence-corrected chi connectivity index (χ3v) is 4.04. The summed E-state index contributed by atoms with van der Waals surface area (Å²) in [7, 11) is -0.610. The zero-order valence-corrected chi connectivity index (χ0v) is 13.0. The first kappa shape index (κ1) is 16.0. The number of carbonyl (C=O) groups excluding carboxylic acids is 1. The van der Waals surface area contributed by atoms with Gasteiger partial charge in [0.1, 0.15) is 12.4 Å². The van der Waals surface area contributed by atoms with Crippen molar-refractivity contribution in [2.24, 2.45) is 0 Å². The molecule has 1 aliphatic heterocycles. The molecule has 0 spiro atoms. The first-order valence-corrected chi connectivity index (χ1v) is 6.90. The van der Waals surface area contributed by atoms with E-state index in [2.05, 4.69) is 0 Å². The Labute approximate surface area is 124 Å². The first-order chi connectivity index (χ1) is 9.62. The van der Waals surface area contributed by atoms with Gasteiger partial charge in [-0.2, -0.15) is 0 Å². The van der Waals surface area contributed by atoms with Gasteiger partial charge in [-0.25, -0.2) is 4.39 Å². The summed E-state index contributed by atoms with van der Waals surface area (Å²) in [6.45, 7) is 9.09. The normalized spacial score (nSPS) is 19.6. The summed E-state index contributed by atoms with van der Waals surface area (Å²) >= 11 is 0. The molecule has 0 unspecified atom stereocenters. The Balaban J connectivity index is 2.30. The van der Waals surface area contributed by atoms with Crippen molar-refractivity contribution in [3.63, 3.8) is 0 Å². The Morgan fingerprint density at radius 2 is 1.81 bits per heavy atom. The first-order valence-electron chi connectivity index (χ1n) is 6.90. The van der Waals surface area contributed by atoms with Gasteiger partial charge < -0.3 is 14.0 Å². The lowest BCUT2D eigenvalue weighted by molar-refractivity contribution is -0.142. The van der Waals surface area contributed by atoms with E-state index in [0.29, 0.717) is 11.0 Å². The van der Waals surface area contributed by atoms with E-state index in [1.54, 1.807) is 6.07 Å². The molecule has 1 aromatic rings. The minimum atomic E-state index is -0.610. The van der Waals surface area contributed by atoms with Crippen molar-refractivity contribution >= 4 is 18.6 Å². The van der Waals surface area contributed by atoms with Gasteiger partial charge in [-0.05, 0) is 50.9 Å². The van der Waals surface area contributed by atoms with Crippen LogP contribution in [0.3, 0.4) is 0 Å². The van der Waals surface area contributed by atoms with Crippen LogP contribution < -0.4 is 5.46 Å². The van der Waals surface area contributed by atoms with Crippen LogP contribution >= 0.6 is 0 Å². The van der Waals surface area contributed by atoms with Crippen molar-refractivity contribution in [1.82, 2.24) is 0 Å². The SMILES string of the molecule is CC(=O)OCc1cc(F)ccc1B1OC(C)(C)C(C)(C)O1. The van der Waals surface area contributed by atoms with Crippen LogP contribution in [0.2, 0.25) is 0 Å². The van der Waals surface area contributed by atoms with E-state index in [-0.39, 0.29) is 6.61 Å². The molecule has 0 amide bonds. The van der Waals surface area contributed by atoms with Crippen molar-refractivity contribution in [2.75, 3.05) is 0 Å². The molecule has 1 saturated heterocycles. The number of halogens is 1. The van der Waals surface area contributed by atoms with Crippen molar-refractivity contribution in [3.05, 3.63) is 29.6 Å². The lowest BCUT2D eigenvalue weighted by Gasteiger charge is -2.32. The molecule has 0 bridgehead atoms. The van der Waals surface area contributed by atoms with Crippen LogP contribution in [0.4, 0.5) is 4.39 Å². The second kappa shape index (κ2) is 5.42. The number of benzene rings is 1. The second-order valence-electron chi connectivity index (χ2n) is 6.21. The van der Waals surface area contributed by atoms with Crippen LogP contribution in [-0.2, 0) is 25.4 Å². The molecule has 1 heterocycles. The van der Waals surface area contributed by atoms with Gasteiger partial charge in [-0.3, -0.25) is 4.79 Å². The molecule has 6 heteroatoms. The quantitative estimate of drug-likeness (QED) is 0.633. The van der Waals surface area contributed by atoms with E-state index in [0.717, 1.165) is 0 Å². The summed E-state index contributed by atoms with van der Waals surface area (Å²) in [5.41, 5.74) is 0.259. The fourth-order valence-electron chi connectivity index (χ4n) is 2.08. The predicted molar refractivity (Wildman–Crippen MR) is 77.6 cm³/mol. The molecule has 4 nitrogen and oxygen atoms in total. The molecule has 0 radical (unpaired) electrons. The van der Waals surface area contributed by atoms with Crippen LogP contribution in [0.15, 0.2) is 18.2 Å². The van der Waals surface area contributed by atoms with E-state index in [9.17, 15) is 9.18 Å². The van der Waals surface area contributed by atoms with E-state index in [1.807, 2.05) is 27.7 Å². The number of carbonyl (C=O) groups is 1. The molecular formula is C15H20BFO4. The molecule has 114 valence electrons. The van der Waals surface area contributed by atoms with Gasteiger partial charge in [0, 0.05) is 6.92 Å². The van der Waals surface area contributed by atoms with E-state index < -0.39 is 30.1 Å². The van der Waals surface area contributed by atoms with Gasteiger partial charge in [-0.15, -0.1) is 0 Å². The van der Waals surface area contributed by atoms with Gasteiger partial charge >= 0.3 is 13.1 Å². The smallest absolute Gasteiger partial charge is 0.461 e. The summed E-state index contributed by atoms with van der Waals surface area (Å²) in [6.07, 6.45) is 0. The second-order valence-corrected chi connectivity index (χ2v) is 6.21. The Hall–Kier alpha value is -1.40. The highest BCUT2D eigenvalue weighted by atomic mass is 19.1. The van der Waals surface area contributed by atoms with Crippen LogP contribution in [0.25, 0.3) is 0 Å². The molecule has 0 aliphatic carbocycles. The molecule has 0 atom stereocenters. The van der Waals surface area contributed by atoms with Crippen LogP contribution in [0.5, 0.6) is 0 Å². The lowest BCUT2D eigenvalue weighted by Crippen LogP contribution is -2.41.